The standard InChI is InChI=1S/C14H20N4O2S/c1-11(15)10-12-14(16-13-4-2-3-5-18(12)13)17-6-8-21(19,20)9-7-17/h2-5,11H,6-10,15H2,1H3. The van der Waals surface area contributed by atoms with Crippen LogP contribution in [0.4, 0.5) is 5.82 Å². The monoisotopic (exact) mass is 308 g/mol. The van der Waals surface area contributed by atoms with Gasteiger partial charge in [0.25, 0.3) is 0 Å². The summed E-state index contributed by atoms with van der Waals surface area (Å²) in [5.74, 6) is 1.25. The summed E-state index contributed by atoms with van der Waals surface area (Å²) >= 11 is 0. The van der Waals surface area contributed by atoms with Gasteiger partial charge in [-0.1, -0.05) is 6.07 Å². The van der Waals surface area contributed by atoms with Crippen LogP contribution in [0.3, 0.4) is 0 Å². The molecule has 2 N–H and O–H groups in total. The van der Waals surface area contributed by atoms with Gasteiger partial charge in [0.2, 0.25) is 0 Å². The summed E-state index contributed by atoms with van der Waals surface area (Å²) in [5, 5.41) is 0. The van der Waals surface area contributed by atoms with Gasteiger partial charge in [-0.2, -0.15) is 0 Å². The maximum absolute atomic E-state index is 11.6. The van der Waals surface area contributed by atoms with Crippen molar-refractivity contribution in [3.05, 3.63) is 30.1 Å². The molecule has 1 saturated heterocycles. The van der Waals surface area contributed by atoms with Crippen molar-refractivity contribution in [1.29, 1.82) is 0 Å². The van der Waals surface area contributed by atoms with Gasteiger partial charge in [0, 0.05) is 31.7 Å². The molecule has 7 heteroatoms. The summed E-state index contributed by atoms with van der Waals surface area (Å²) in [7, 11) is -2.89. The van der Waals surface area contributed by atoms with Crippen LogP contribution < -0.4 is 10.6 Å². The molecule has 2 aromatic rings. The average molecular weight is 308 g/mol. The summed E-state index contributed by atoms with van der Waals surface area (Å²) in [4.78, 5) is 6.74. The van der Waals surface area contributed by atoms with Crippen LogP contribution in [0.2, 0.25) is 0 Å². The second-order valence-electron chi connectivity index (χ2n) is 5.63. The number of anilines is 1. The zero-order valence-corrected chi connectivity index (χ0v) is 12.9. The van der Waals surface area contributed by atoms with Gasteiger partial charge in [-0.15, -0.1) is 0 Å². The van der Waals surface area contributed by atoms with E-state index in [2.05, 4.69) is 9.88 Å². The molecule has 21 heavy (non-hydrogen) atoms. The number of hydrogen-bond donors (Lipinski definition) is 1. The van der Waals surface area contributed by atoms with Crippen molar-refractivity contribution >= 4 is 21.3 Å². The molecule has 0 amide bonds. The smallest absolute Gasteiger partial charge is 0.153 e. The zero-order valence-electron chi connectivity index (χ0n) is 12.1. The summed E-state index contributed by atoms with van der Waals surface area (Å²) in [5.41, 5.74) is 7.89. The molecule has 1 aliphatic heterocycles. The van der Waals surface area contributed by atoms with E-state index in [9.17, 15) is 8.42 Å². The number of rotatable bonds is 3. The van der Waals surface area contributed by atoms with E-state index in [1.807, 2.05) is 35.7 Å². The average Bonchev–Trinajstić information content (AvgIpc) is 2.77. The Kier molecular flexibility index (Phi) is 3.62. The van der Waals surface area contributed by atoms with Crippen molar-refractivity contribution in [1.82, 2.24) is 9.38 Å². The van der Waals surface area contributed by atoms with Gasteiger partial charge in [0.15, 0.2) is 15.7 Å². The van der Waals surface area contributed by atoms with Crippen LogP contribution in [0.25, 0.3) is 5.65 Å². The number of hydrogen-bond acceptors (Lipinski definition) is 5. The Morgan fingerprint density at radius 2 is 2.05 bits per heavy atom. The second kappa shape index (κ2) is 5.31. The Morgan fingerprint density at radius 1 is 1.33 bits per heavy atom. The first kappa shape index (κ1) is 14.3. The van der Waals surface area contributed by atoms with Crippen LogP contribution in [0.15, 0.2) is 24.4 Å². The summed E-state index contributed by atoms with van der Waals surface area (Å²) in [6.45, 7) is 2.96. The first-order valence-corrected chi connectivity index (χ1v) is 8.95. The number of fused-ring (bicyclic) bond motifs is 1. The van der Waals surface area contributed by atoms with Crippen molar-refractivity contribution in [3.8, 4) is 0 Å². The molecule has 0 spiro atoms. The normalized spacial score (nSPS) is 19.8. The number of aromatic nitrogens is 2. The Labute approximate surface area is 124 Å². The fraction of sp³-hybridized carbons (Fsp3) is 0.500. The van der Waals surface area contributed by atoms with E-state index in [-0.39, 0.29) is 17.5 Å². The number of pyridine rings is 1. The molecule has 0 aliphatic carbocycles. The van der Waals surface area contributed by atoms with Gasteiger partial charge < -0.3 is 15.0 Å². The Hall–Kier alpha value is -1.60. The highest BCUT2D eigenvalue weighted by molar-refractivity contribution is 7.91. The SMILES string of the molecule is CC(N)Cc1c(N2CCS(=O)(=O)CC2)nc2ccccn12. The lowest BCUT2D eigenvalue weighted by Gasteiger charge is -2.28. The van der Waals surface area contributed by atoms with Crippen LogP contribution in [0.1, 0.15) is 12.6 Å². The third-order valence-corrected chi connectivity index (χ3v) is 5.38. The first-order chi connectivity index (χ1) is 9.96. The minimum atomic E-state index is -2.89. The molecule has 2 aromatic heterocycles. The molecular formula is C14H20N4O2S. The summed E-state index contributed by atoms with van der Waals surface area (Å²) < 4.78 is 25.2. The van der Waals surface area contributed by atoms with Gasteiger partial charge in [-0.25, -0.2) is 13.4 Å². The van der Waals surface area contributed by atoms with E-state index in [4.69, 9.17) is 5.73 Å². The molecule has 1 fully saturated rings. The lowest BCUT2D eigenvalue weighted by molar-refractivity contribution is 0.586. The summed E-state index contributed by atoms with van der Waals surface area (Å²) in [6.07, 6.45) is 2.69. The van der Waals surface area contributed by atoms with Crippen molar-refractivity contribution in [2.45, 2.75) is 19.4 Å². The Balaban J connectivity index is 2.01. The van der Waals surface area contributed by atoms with Crippen molar-refractivity contribution in [2.24, 2.45) is 5.73 Å². The third kappa shape index (κ3) is 2.89. The molecular weight excluding hydrogens is 288 g/mol. The van der Waals surface area contributed by atoms with E-state index < -0.39 is 9.84 Å². The van der Waals surface area contributed by atoms with Gasteiger partial charge in [-0.05, 0) is 19.1 Å². The second-order valence-corrected chi connectivity index (χ2v) is 7.93. The third-order valence-electron chi connectivity index (χ3n) is 3.77. The number of imidazole rings is 1. The molecule has 0 radical (unpaired) electrons. The maximum atomic E-state index is 11.6. The van der Waals surface area contributed by atoms with Crippen LogP contribution in [0.5, 0.6) is 0 Å². The first-order valence-electron chi connectivity index (χ1n) is 7.13. The number of nitrogens with two attached hydrogens (primary N) is 1. The fourth-order valence-corrected chi connectivity index (χ4v) is 3.91. The van der Waals surface area contributed by atoms with Crippen LogP contribution in [0, 0.1) is 0 Å². The highest BCUT2D eigenvalue weighted by Gasteiger charge is 2.26. The molecule has 114 valence electrons. The van der Waals surface area contributed by atoms with Crippen molar-refractivity contribution < 1.29 is 8.42 Å². The van der Waals surface area contributed by atoms with E-state index in [1.54, 1.807) is 0 Å². The van der Waals surface area contributed by atoms with E-state index >= 15 is 0 Å². The van der Waals surface area contributed by atoms with E-state index in [0.717, 1.165) is 17.2 Å². The number of sulfone groups is 1. The van der Waals surface area contributed by atoms with E-state index in [1.165, 1.54) is 0 Å². The minimum absolute atomic E-state index is 0.0254. The topological polar surface area (TPSA) is 80.7 Å². The predicted molar refractivity (Wildman–Crippen MR) is 83.4 cm³/mol. The zero-order chi connectivity index (χ0) is 15.0. The van der Waals surface area contributed by atoms with Gasteiger partial charge in [0.1, 0.15) is 5.65 Å². The molecule has 3 rings (SSSR count). The predicted octanol–water partition coefficient (Wildman–Crippen LogP) is 0.459. The molecule has 1 aliphatic rings. The molecule has 1 unspecified atom stereocenters. The molecule has 0 bridgehead atoms. The fourth-order valence-electron chi connectivity index (χ4n) is 2.71. The Bertz CT molecular complexity index is 737. The minimum Gasteiger partial charge on any atom is -0.353 e. The van der Waals surface area contributed by atoms with Crippen LogP contribution in [-0.2, 0) is 16.3 Å². The maximum Gasteiger partial charge on any atom is 0.153 e. The highest BCUT2D eigenvalue weighted by Crippen LogP contribution is 2.24. The van der Waals surface area contributed by atoms with Crippen LogP contribution >= 0.6 is 0 Å². The quantitative estimate of drug-likeness (QED) is 0.891. The van der Waals surface area contributed by atoms with E-state index in [0.29, 0.717) is 19.5 Å². The van der Waals surface area contributed by atoms with Gasteiger partial charge in [-0.3, -0.25) is 0 Å². The molecule has 1 atom stereocenters. The largest absolute Gasteiger partial charge is 0.353 e. The summed E-state index contributed by atoms with van der Waals surface area (Å²) in [6, 6.07) is 5.89. The lowest BCUT2D eigenvalue weighted by Crippen LogP contribution is -2.41. The van der Waals surface area contributed by atoms with Gasteiger partial charge in [0.05, 0.1) is 17.2 Å². The Morgan fingerprint density at radius 3 is 2.71 bits per heavy atom. The number of nitrogens with zero attached hydrogens (tertiary/aromatic N) is 3. The van der Waals surface area contributed by atoms with Crippen molar-refractivity contribution in [2.75, 3.05) is 29.5 Å². The van der Waals surface area contributed by atoms with Crippen molar-refractivity contribution in [3.63, 3.8) is 0 Å². The highest BCUT2D eigenvalue weighted by atomic mass is 32.2. The molecule has 3 heterocycles. The van der Waals surface area contributed by atoms with Crippen LogP contribution in [-0.4, -0.2) is 48.4 Å². The molecule has 6 nitrogen and oxygen atoms in total. The lowest BCUT2D eigenvalue weighted by atomic mass is 10.2. The molecule has 0 saturated carbocycles. The molecule has 0 aromatic carbocycles. The van der Waals surface area contributed by atoms with Gasteiger partial charge >= 0.3 is 0 Å².